The molecule has 0 spiro atoms. The monoisotopic (exact) mass is 338 g/mol. The van der Waals surface area contributed by atoms with Gasteiger partial charge in [0.25, 0.3) is 5.91 Å². The average molecular weight is 338 g/mol. The molecule has 25 heavy (non-hydrogen) atoms. The van der Waals surface area contributed by atoms with Gasteiger partial charge in [0.2, 0.25) is 6.41 Å². The molecule has 1 aromatic carbocycles. The Balaban J connectivity index is 1.74. The summed E-state index contributed by atoms with van der Waals surface area (Å²) < 4.78 is 0. The summed E-state index contributed by atoms with van der Waals surface area (Å²) in [6.07, 6.45) is 4.21. The van der Waals surface area contributed by atoms with Crippen molar-refractivity contribution in [2.75, 3.05) is 36.4 Å². The van der Waals surface area contributed by atoms with Crippen molar-refractivity contribution in [2.45, 2.75) is 13.8 Å². The number of carbonyl (C=O) groups excluding carboxylic acids is 2. The van der Waals surface area contributed by atoms with Crippen LogP contribution in [-0.2, 0) is 4.79 Å². The van der Waals surface area contributed by atoms with E-state index in [-0.39, 0.29) is 5.91 Å². The van der Waals surface area contributed by atoms with E-state index >= 15 is 0 Å². The zero-order valence-corrected chi connectivity index (χ0v) is 14.5. The van der Waals surface area contributed by atoms with Gasteiger partial charge in [-0.25, -0.2) is 0 Å². The minimum absolute atomic E-state index is 0.172. The van der Waals surface area contributed by atoms with Crippen LogP contribution in [0.15, 0.2) is 36.7 Å². The number of nitrogens with one attached hydrogen (secondary N) is 1. The van der Waals surface area contributed by atoms with E-state index in [9.17, 15) is 9.59 Å². The van der Waals surface area contributed by atoms with Gasteiger partial charge in [-0.15, -0.1) is 0 Å². The predicted octanol–water partition coefficient (Wildman–Crippen LogP) is 2.23. The third kappa shape index (κ3) is 3.79. The molecule has 1 aliphatic rings. The van der Waals surface area contributed by atoms with Crippen molar-refractivity contribution in [3.8, 4) is 0 Å². The average Bonchev–Trinajstić information content (AvgIpc) is 2.65. The quantitative estimate of drug-likeness (QED) is 0.868. The molecule has 1 saturated heterocycles. The highest BCUT2D eigenvalue weighted by atomic mass is 16.1. The molecule has 6 nitrogen and oxygen atoms in total. The lowest BCUT2D eigenvalue weighted by molar-refractivity contribution is -0.118. The third-order valence-corrected chi connectivity index (χ3v) is 4.67. The standard InChI is InChI=1S/C19H22N4O2/c1-14-4-3-5-18(15(14)2)21-19(25)16-10-17(12-20-11-16)23-8-6-22(13-24)7-9-23/h3-5,10-13H,6-9H2,1-2H3,(H,21,25). The second-order valence-corrected chi connectivity index (χ2v) is 6.26. The van der Waals surface area contributed by atoms with E-state index in [1.165, 1.54) is 0 Å². The van der Waals surface area contributed by atoms with E-state index in [2.05, 4.69) is 15.2 Å². The molecule has 2 heterocycles. The molecule has 1 N–H and O–H groups in total. The highest BCUT2D eigenvalue weighted by molar-refractivity contribution is 6.05. The summed E-state index contributed by atoms with van der Waals surface area (Å²) in [5.41, 5.74) is 4.44. The Bertz CT molecular complexity index is 783. The SMILES string of the molecule is Cc1cccc(NC(=O)c2cncc(N3CCN(C=O)CC3)c2)c1C. The maximum absolute atomic E-state index is 12.6. The summed E-state index contributed by atoms with van der Waals surface area (Å²) in [6.45, 7) is 6.86. The number of carbonyl (C=O) groups is 2. The van der Waals surface area contributed by atoms with E-state index in [0.29, 0.717) is 18.7 Å². The first-order chi connectivity index (χ1) is 12.1. The Morgan fingerprint density at radius 2 is 1.92 bits per heavy atom. The number of piperazine rings is 1. The number of aromatic nitrogens is 1. The maximum atomic E-state index is 12.6. The van der Waals surface area contributed by atoms with Gasteiger partial charge in [0.05, 0.1) is 17.4 Å². The van der Waals surface area contributed by atoms with Crippen molar-refractivity contribution in [3.05, 3.63) is 53.3 Å². The lowest BCUT2D eigenvalue weighted by atomic mass is 10.1. The van der Waals surface area contributed by atoms with Crippen molar-refractivity contribution < 1.29 is 9.59 Å². The first-order valence-electron chi connectivity index (χ1n) is 8.35. The zero-order chi connectivity index (χ0) is 17.8. The van der Waals surface area contributed by atoms with E-state index in [1.807, 2.05) is 38.1 Å². The summed E-state index contributed by atoms with van der Waals surface area (Å²) >= 11 is 0. The number of amides is 2. The molecule has 3 rings (SSSR count). The Morgan fingerprint density at radius 1 is 1.16 bits per heavy atom. The summed E-state index contributed by atoms with van der Waals surface area (Å²) in [4.78, 5) is 31.5. The van der Waals surface area contributed by atoms with Crippen LogP contribution in [0.3, 0.4) is 0 Å². The molecule has 0 aliphatic carbocycles. The third-order valence-electron chi connectivity index (χ3n) is 4.67. The van der Waals surface area contributed by atoms with Crippen LogP contribution in [0.4, 0.5) is 11.4 Å². The fourth-order valence-electron chi connectivity index (χ4n) is 2.89. The van der Waals surface area contributed by atoms with Crippen LogP contribution in [0.2, 0.25) is 0 Å². The van der Waals surface area contributed by atoms with Crippen molar-refractivity contribution in [1.29, 1.82) is 0 Å². The number of aryl methyl sites for hydroxylation is 1. The van der Waals surface area contributed by atoms with Crippen LogP contribution >= 0.6 is 0 Å². The van der Waals surface area contributed by atoms with Crippen LogP contribution in [-0.4, -0.2) is 48.4 Å². The molecule has 0 unspecified atom stereocenters. The number of rotatable bonds is 4. The largest absolute Gasteiger partial charge is 0.367 e. The van der Waals surface area contributed by atoms with Crippen molar-refractivity contribution >= 4 is 23.7 Å². The number of nitrogens with zero attached hydrogens (tertiary/aromatic N) is 3. The highest BCUT2D eigenvalue weighted by Crippen LogP contribution is 2.20. The molecule has 1 aromatic heterocycles. The fraction of sp³-hybridized carbons (Fsp3) is 0.316. The van der Waals surface area contributed by atoms with Gasteiger partial charge in [0.1, 0.15) is 0 Å². The van der Waals surface area contributed by atoms with Gasteiger partial charge in [0, 0.05) is 38.1 Å². The van der Waals surface area contributed by atoms with Gasteiger partial charge in [-0.1, -0.05) is 12.1 Å². The lowest BCUT2D eigenvalue weighted by Gasteiger charge is -2.34. The molecule has 130 valence electrons. The van der Waals surface area contributed by atoms with Crippen LogP contribution in [0, 0.1) is 13.8 Å². The molecule has 6 heteroatoms. The van der Waals surface area contributed by atoms with Crippen molar-refractivity contribution in [2.24, 2.45) is 0 Å². The molecular formula is C19H22N4O2. The van der Waals surface area contributed by atoms with E-state index < -0.39 is 0 Å². The van der Waals surface area contributed by atoms with Gasteiger partial charge in [-0.3, -0.25) is 14.6 Å². The summed E-state index contributed by atoms with van der Waals surface area (Å²) in [7, 11) is 0. The number of benzene rings is 1. The first-order valence-corrected chi connectivity index (χ1v) is 8.35. The van der Waals surface area contributed by atoms with Crippen LogP contribution in [0.1, 0.15) is 21.5 Å². The molecule has 0 saturated carbocycles. The van der Waals surface area contributed by atoms with Crippen molar-refractivity contribution in [1.82, 2.24) is 9.88 Å². The van der Waals surface area contributed by atoms with E-state index in [0.717, 1.165) is 42.0 Å². The number of pyridine rings is 1. The van der Waals surface area contributed by atoms with Gasteiger partial charge in [0.15, 0.2) is 0 Å². The lowest BCUT2D eigenvalue weighted by Crippen LogP contribution is -2.45. The molecule has 0 radical (unpaired) electrons. The van der Waals surface area contributed by atoms with E-state index in [4.69, 9.17) is 0 Å². The number of anilines is 2. The smallest absolute Gasteiger partial charge is 0.257 e. The molecule has 1 aliphatic heterocycles. The fourth-order valence-corrected chi connectivity index (χ4v) is 2.89. The van der Waals surface area contributed by atoms with Gasteiger partial charge >= 0.3 is 0 Å². The normalized spacial score (nSPS) is 14.3. The Hall–Kier alpha value is -2.89. The van der Waals surface area contributed by atoms with Gasteiger partial charge in [-0.05, 0) is 37.1 Å². The van der Waals surface area contributed by atoms with Crippen molar-refractivity contribution in [3.63, 3.8) is 0 Å². The molecular weight excluding hydrogens is 316 g/mol. The maximum Gasteiger partial charge on any atom is 0.257 e. The summed E-state index contributed by atoms with van der Waals surface area (Å²) in [6, 6.07) is 7.70. The van der Waals surface area contributed by atoms with Gasteiger partial charge < -0.3 is 15.1 Å². The second-order valence-electron chi connectivity index (χ2n) is 6.26. The number of hydrogen-bond donors (Lipinski definition) is 1. The Kier molecular flexibility index (Phi) is 4.97. The second kappa shape index (κ2) is 7.34. The van der Waals surface area contributed by atoms with Crippen LogP contribution < -0.4 is 10.2 Å². The summed E-state index contributed by atoms with van der Waals surface area (Å²) in [5, 5.41) is 2.96. The number of hydrogen-bond acceptors (Lipinski definition) is 4. The predicted molar refractivity (Wildman–Crippen MR) is 98.0 cm³/mol. The molecule has 2 aromatic rings. The highest BCUT2D eigenvalue weighted by Gasteiger charge is 2.17. The van der Waals surface area contributed by atoms with E-state index in [1.54, 1.807) is 17.3 Å². The Morgan fingerprint density at radius 3 is 2.64 bits per heavy atom. The molecule has 0 bridgehead atoms. The Labute approximate surface area is 147 Å². The molecule has 1 fully saturated rings. The van der Waals surface area contributed by atoms with Crippen LogP contribution in [0.25, 0.3) is 0 Å². The molecule has 0 atom stereocenters. The molecule has 2 amide bonds. The first kappa shape index (κ1) is 17.0. The zero-order valence-electron chi connectivity index (χ0n) is 14.5. The summed E-state index contributed by atoms with van der Waals surface area (Å²) in [5.74, 6) is -0.172. The van der Waals surface area contributed by atoms with Gasteiger partial charge in [-0.2, -0.15) is 0 Å². The minimum Gasteiger partial charge on any atom is -0.367 e. The minimum atomic E-state index is -0.172. The topological polar surface area (TPSA) is 65.5 Å². The van der Waals surface area contributed by atoms with Crippen LogP contribution in [0.5, 0.6) is 0 Å².